The van der Waals surface area contributed by atoms with Gasteiger partial charge in [-0.25, -0.2) is 0 Å². The maximum absolute atomic E-state index is 9.54. The smallest absolute Gasteiger partial charge is 0.120 e. The van der Waals surface area contributed by atoms with Crippen molar-refractivity contribution in [1.82, 2.24) is 0 Å². The van der Waals surface area contributed by atoms with Crippen LogP contribution in [0.25, 0.3) is 0 Å². The molecule has 0 spiro atoms. The van der Waals surface area contributed by atoms with Crippen molar-refractivity contribution >= 4 is 15.9 Å². The fraction of sp³-hybridized carbons (Fsp3) is 0.600. The van der Waals surface area contributed by atoms with E-state index in [9.17, 15) is 10.2 Å². The fourth-order valence-corrected chi connectivity index (χ4v) is 2.63. The molecule has 108 valence electrons. The summed E-state index contributed by atoms with van der Waals surface area (Å²) in [5, 5.41) is 19.1. The summed E-state index contributed by atoms with van der Waals surface area (Å²) in [7, 11) is 0. The van der Waals surface area contributed by atoms with E-state index >= 15 is 0 Å². The molecule has 1 aromatic rings. The number of hydrogen-bond donors (Lipinski definition) is 2. The molecule has 0 aromatic heterocycles. The molecule has 1 aromatic carbocycles. The minimum absolute atomic E-state index is 0.0104. The van der Waals surface area contributed by atoms with Gasteiger partial charge in [0, 0.05) is 9.89 Å². The van der Waals surface area contributed by atoms with Crippen molar-refractivity contribution in [2.24, 2.45) is 11.3 Å². The maximum atomic E-state index is 9.54. The Kier molecular flexibility index (Phi) is 6.83. The van der Waals surface area contributed by atoms with E-state index in [1.54, 1.807) is 0 Å². The Morgan fingerprint density at radius 2 is 1.95 bits per heavy atom. The van der Waals surface area contributed by atoms with Gasteiger partial charge in [0.25, 0.3) is 0 Å². The number of aliphatic hydroxyl groups excluding tert-OH is 2. The zero-order valence-corrected chi connectivity index (χ0v) is 13.2. The van der Waals surface area contributed by atoms with Gasteiger partial charge in [-0.15, -0.1) is 0 Å². The fourth-order valence-electron chi connectivity index (χ4n) is 2.25. The Hall–Kier alpha value is -0.580. The van der Waals surface area contributed by atoms with Crippen LogP contribution in [-0.4, -0.2) is 30.0 Å². The number of hydrogen-bond acceptors (Lipinski definition) is 3. The first-order chi connectivity index (χ1) is 9.01. The third-order valence-corrected chi connectivity index (χ3v) is 3.70. The van der Waals surface area contributed by atoms with Crippen LogP contribution in [0.5, 0.6) is 5.75 Å². The topological polar surface area (TPSA) is 49.7 Å². The molecule has 3 nitrogen and oxygen atoms in total. The van der Waals surface area contributed by atoms with Crippen LogP contribution < -0.4 is 4.74 Å². The van der Waals surface area contributed by atoms with E-state index in [2.05, 4.69) is 29.8 Å². The average Bonchev–Trinajstić information content (AvgIpc) is 2.37. The lowest BCUT2D eigenvalue weighted by molar-refractivity contribution is 0.0191. The van der Waals surface area contributed by atoms with E-state index in [-0.39, 0.29) is 13.2 Å². The molecule has 0 amide bonds. The molecule has 0 fully saturated rings. The highest BCUT2D eigenvalue weighted by Crippen LogP contribution is 2.30. The Morgan fingerprint density at radius 1 is 1.26 bits per heavy atom. The summed E-state index contributed by atoms with van der Waals surface area (Å²) in [5.74, 6) is 1.23. The van der Waals surface area contributed by atoms with Gasteiger partial charge in [0.2, 0.25) is 0 Å². The van der Waals surface area contributed by atoms with Gasteiger partial charge in [-0.1, -0.05) is 35.8 Å². The Balaban J connectivity index is 2.52. The summed E-state index contributed by atoms with van der Waals surface area (Å²) < 4.78 is 6.65. The molecule has 2 N–H and O–H groups in total. The zero-order valence-electron chi connectivity index (χ0n) is 11.6. The number of benzene rings is 1. The lowest BCUT2D eigenvalue weighted by Gasteiger charge is -2.31. The molecule has 0 heterocycles. The van der Waals surface area contributed by atoms with Crippen LogP contribution in [0, 0.1) is 11.3 Å². The van der Waals surface area contributed by atoms with Gasteiger partial charge in [0.15, 0.2) is 0 Å². The first kappa shape index (κ1) is 16.5. The first-order valence-electron chi connectivity index (χ1n) is 6.61. The largest absolute Gasteiger partial charge is 0.494 e. The quantitative estimate of drug-likeness (QED) is 0.769. The Bertz CT molecular complexity index is 375. The number of aliphatic hydroxyl groups is 2. The minimum Gasteiger partial charge on any atom is -0.494 e. The standard InChI is InChI=1S/C15H23BrO3/c1-12(2)9-15(10-17,11-18)6-7-19-14-5-3-4-13(16)8-14/h3-5,8,12,17-18H,6-7,9-11H2,1-2H3. The average molecular weight is 331 g/mol. The first-order valence-corrected chi connectivity index (χ1v) is 7.41. The molecule has 0 saturated carbocycles. The van der Waals surface area contributed by atoms with Crippen LogP contribution in [0.1, 0.15) is 26.7 Å². The molecule has 0 bridgehead atoms. The van der Waals surface area contributed by atoms with Crippen molar-refractivity contribution < 1.29 is 14.9 Å². The lowest BCUT2D eigenvalue weighted by Crippen LogP contribution is -2.33. The van der Waals surface area contributed by atoms with Gasteiger partial charge in [0.05, 0.1) is 19.8 Å². The third kappa shape index (κ3) is 5.51. The van der Waals surface area contributed by atoms with E-state index < -0.39 is 5.41 Å². The summed E-state index contributed by atoms with van der Waals surface area (Å²) >= 11 is 3.39. The van der Waals surface area contributed by atoms with E-state index in [0.29, 0.717) is 18.9 Å². The predicted molar refractivity (Wildman–Crippen MR) is 80.3 cm³/mol. The van der Waals surface area contributed by atoms with Gasteiger partial charge in [-0.3, -0.25) is 0 Å². The maximum Gasteiger partial charge on any atom is 0.120 e. The second kappa shape index (κ2) is 7.88. The molecule has 0 atom stereocenters. The van der Waals surface area contributed by atoms with Gasteiger partial charge >= 0.3 is 0 Å². The van der Waals surface area contributed by atoms with Crippen LogP contribution in [0.4, 0.5) is 0 Å². The highest BCUT2D eigenvalue weighted by atomic mass is 79.9. The summed E-state index contributed by atoms with van der Waals surface area (Å²) in [6.45, 7) is 4.65. The molecule has 1 rings (SSSR count). The van der Waals surface area contributed by atoms with Crippen molar-refractivity contribution in [2.45, 2.75) is 26.7 Å². The van der Waals surface area contributed by atoms with Crippen LogP contribution in [-0.2, 0) is 0 Å². The van der Waals surface area contributed by atoms with Crippen molar-refractivity contribution in [3.8, 4) is 5.75 Å². The summed E-state index contributed by atoms with van der Waals surface area (Å²) in [6, 6.07) is 7.66. The van der Waals surface area contributed by atoms with Gasteiger partial charge in [0.1, 0.15) is 5.75 Å². The third-order valence-electron chi connectivity index (χ3n) is 3.21. The molecule has 0 aliphatic heterocycles. The number of ether oxygens (including phenoxy) is 1. The van der Waals surface area contributed by atoms with Crippen LogP contribution in [0.3, 0.4) is 0 Å². The molecule has 0 aliphatic carbocycles. The van der Waals surface area contributed by atoms with E-state index in [1.807, 2.05) is 24.3 Å². The van der Waals surface area contributed by atoms with Gasteiger partial charge < -0.3 is 14.9 Å². The molecule has 0 unspecified atom stereocenters. The molecule has 4 heteroatoms. The SMILES string of the molecule is CC(C)CC(CO)(CO)CCOc1cccc(Br)c1. The predicted octanol–water partition coefficient (Wildman–Crippen LogP) is 3.24. The summed E-state index contributed by atoms with van der Waals surface area (Å²) in [5.41, 5.74) is -0.444. The van der Waals surface area contributed by atoms with E-state index in [0.717, 1.165) is 16.6 Å². The second-order valence-corrected chi connectivity index (χ2v) is 6.39. The molecule has 0 saturated heterocycles. The van der Waals surface area contributed by atoms with E-state index in [1.165, 1.54) is 0 Å². The monoisotopic (exact) mass is 330 g/mol. The summed E-state index contributed by atoms with van der Waals surface area (Å²) in [4.78, 5) is 0. The molecular formula is C15H23BrO3. The normalized spacial score (nSPS) is 11.9. The van der Waals surface area contributed by atoms with Crippen molar-refractivity contribution in [3.63, 3.8) is 0 Å². The zero-order chi connectivity index (χ0) is 14.3. The van der Waals surface area contributed by atoms with Crippen molar-refractivity contribution in [2.75, 3.05) is 19.8 Å². The number of rotatable bonds is 8. The summed E-state index contributed by atoms with van der Waals surface area (Å²) in [6.07, 6.45) is 1.44. The van der Waals surface area contributed by atoms with Crippen molar-refractivity contribution in [1.29, 1.82) is 0 Å². The van der Waals surface area contributed by atoms with Crippen LogP contribution in [0.2, 0.25) is 0 Å². The van der Waals surface area contributed by atoms with Crippen LogP contribution in [0.15, 0.2) is 28.7 Å². The highest BCUT2D eigenvalue weighted by molar-refractivity contribution is 9.10. The number of halogens is 1. The minimum atomic E-state index is -0.444. The van der Waals surface area contributed by atoms with Crippen molar-refractivity contribution in [3.05, 3.63) is 28.7 Å². The van der Waals surface area contributed by atoms with Gasteiger partial charge in [-0.05, 0) is 37.0 Å². The van der Waals surface area contributed by atoms with Gasteiger partial charge in [-0.2, -0.15) is 0 Å². The Labute approximate surface area is 123 Å². The Morgan fingerprint density at radius 3 is 2.47 bits per heavy atom. The van der Waals surface area contributed by atoms with E-state index in [4.69, 9.17) is 4.74 Å². The molecular weight excluding hydrogens is 308 g/mol. The molecule has 0 radical (unpaired) electrons. The molecule has 19 heavy (non-hydrogen) atoms. The van der Waals surface area contributed by atoms with Crippen LogP contribution >= 0.6 is 15.9 Å². The second-order valence-electron chi connectivity index (χ2n) is 5.47. The lowest BCUT2D eigenvalue weighted by atomic mass is 9.79. The molecule has 0 aliphatic rings. The highest BCUT2D eigenvalue weighted by Gasteiger charge is 2.29.